The van der Waals surface area contributed by atoms with E-state index in [4.69, 9.17) is 5.10 Å². The van der Waals surface area contributed by atoms with Gasteiger partial charge in [0.25, 0.3) is 5.91 Å². The Labute approximate surface area is 212 Å². The molecule has 5 rings (SSSR count). The number of carbonyl (C=O) groups excluding carboxylic acids is 1. The van der Waals surface area contributed by atoms with E-state index in [2.05, 4.69) is 20.7 Å². The Morgan fingerprint density at radius 2 is 1.56 bits per heavy atom. The lowest BCUT2D eigenvalue weighted by molar-refractivity contribution is -0.118. The minimum Gasteiger partial charge on any atom is -0.274 e. The average molecular weight is 494 g/mol. The Kier molecular flexibility index (Phi) is 7.00. The van der Waals surface area contributed by atoms with E-state index in [-0.39, 0.29) is 11.7 Å². The smallest absolute Gasteiger partial charge is 0.250 e. The fourth-order valence-corrected chi connectivity index (χ4v) is 4.45. The third kappa shape index (κ3) is 5.26. The van der Waals surface area contributed by atoms with Gasteiger partial charge >= 0.3 is 0 Å². The summed E-state index contributed by atoms with van der Waals surface area (Å²) in [6.07, 6.45) is 3.52. The van der Waals surface area contributed by atoms with Crippen LogP contribution in [-0.4, -0.2) is 42.4 Å². The molecule has 0 spiro atoms. The van der Waals surface area contributed by atoms with Crippen molar-refractivity contribution in [3.05, 3.63) is 109 Å². The molecule has 0 aliphatic rings. The monoisotopic (exact) mass is 493 g/mol. The van der Waals surface area contributed by atoms with E-state index >= 15 is 0 Å². The summed E-state index contributed by atoms with van der Waals surface area (Å²) in [5.41, 5.74) is 7.03. The third-order valence-corrected chi connectivity index (χ3v) is 6.27. The van der Waals surface area contributed by atoms with Crippen molar-refractivity contribution in [2.45, 2.75) is 12.1 Å². The van der Waals surface area contributed by atoms with E-state index < -0.39 is 0 Å². The molecule has 9 heteroatoms. The van der Waals surface area contributed by atoms with E-state index in [1.165, 1.54) is 11.8 Å². The quantitative estimate of drug-likeness (QED) is 0.193. The molecule has 0 aliphatic carbocycles. The SMILES string of the molecule is Cc1nnc(SCC(=O)N/N=C/c2cn(-c3ccccc3)nc2-c2ccccc2)n1-c1ccccc1. The van der Waals surface area contributed by atoms with E-state index in [1.54, 1.807) is 10.9 Å². The summed E-state index contributed by atoms with van der Waals surface area (Å²) >= 11 is 1.31. The number of aryl methyl sites for hydroxylation is 1. The summed E-state index contributed by atoms with van der Waals surface area (Å²) < 4.78 is 3.73. The van der Waals surface area contributed by atoms with Crippen LogP contribution in [0.4, 0.5) is 0 Å². The molecular weight excluding hydrogens is 470 g/mol. The first-order valence-corrected chi connectivity index (χ1v) is 12.3. The fraction of sp³-hybridized carbons (Fsp3) is 0.0741. The number of para-hydroxylation sites is 2. The van der Waals surface area contributed by atoms with Crippen LogP contribution in [-0.2, 0) is 4.79 Å². The van der Waals surface area contributed by atoms with E-state index in [9.17, 15) is 4.79 Å². The molecule has 3 aromatic carbocycles. The summed E-state index contributed by atoms with van der Waals surface area (Å²) in [6, 6.07) is 29.6. The maximum absolute atomic E-state index is 12.5. The summed E-state index contributed by atoms with van der Waals surface area (Å²) in [7, 11) is 0. The molecule has 36 heavy (non-hydrogen) atoms. The van der Waals surface area contributed by atoms with Crippen LogP contribution in [0.5, 0.6) is 0 Å². The minimum atomic E-state index is -0.242. The molecule has 0 saturated carbocycles. The van der Waals surface area contributed by atoms with Crippen LogP contribution in [0.3, 0.4) is 0 Å². The highest BCUT2D eigenvalue weighted by molar-refractivity contribution is 7.99. The molecule has 1 N–H and O–H groups in total. The van der Waals surface area contributed by atoms with Gasteiger partial charge in [-0.3, -0.25) is 9.36 Å². The van der Waals surface area contributed by atoms with Gasteiger partial charge < -0.3 is 0 Å². The van der Waals surface area contributed by atoms with Crippen molar-refractivity contribution in [1.82, 2.24) is 30.0 Å². The molecule has 0 radical (unpaired) electrons. The second kappa shape index (κ2) is 10.8. The molecule has 0 atom stereocenters. The average Bonchev–Trinajstić information content (AvgIpc) is 3.52. The Hall–Kier alpha value is -4.50. The first kappa shape index (κ1) is 23.3. The Morgan fingerprint density at radius 1 is 0.917 bits per heavy atom. The lowest BCUT2D eigenvalue weighted by atomic mass is 10.1. The number of aromatic nitrogens is 5. The Morgan fingerprint density at radius 3 is 2.25 bits per heavy atom. The highest BCUT2D eigenvalue weighted by Crippen LogP contribution is 2.23. The maximum atomic E-state index is 12.5. The second-order valence-corrected chi connectivity index (χ2v) is 8.80. The molecule has 0 aliphatic heterocycles. The zero-order valence-corrected chi connectivity index (χ0v) is 20.3. The van der Waals surface area contributed by atoms with Crippen LogP contribution in [0.15, 0.2) is 107 Å². The molecule has 2 heterocycles. The first-order chi connectivity index (χ1) is 17.7. The number of benzene rings is 3. The molecule has 1 amide bonds. The lowest BCUT2D eigenvalue weighted by Gasteiger charge is -2.07. The van der Waals surface area contributed by atoms with Gasteiger partial charge in [-0.2, -0.15) is 10.2 Å². The number of carbonyl (C=O) groups is 1. The van der Waals surface area contributed by atoms with E-state index in [1.807, 2.05) is 109 Å². The number of rotatable bonds is 8. The van der Waals surface area contributed by atoms with E-state index in [0.717, 1.165) is 34.0 Å². The Bertz CT molecular complexity index is 1480. The van der Waals surface area contributed by atoms with Crippen molar-refractivity contribution < 1.29 is 4.79 Å². The number of nitrogens with one attached hydrogen (secondary N) is 1. The minimum absolute atomic E-state index is 0.150. The highest BCUT2D eigenvalue weighted by Gasteiger charge is 2.14. The van der Waals surface area contributed by atoms with Gasteiger partial charge in [0, 0.05) is 23.0 Å². The maximum Gasteiger partial charge on any atom is 0.250 e. The predicted octanol–water partition coefficient (Wildman–Crippen LogP) is 4.67. The van der Waals surface area contributed by atoms with Gasteiger partial charge in [0.1, 0.15) is 11.5 Å². The summed E-state index contributed by atoms with van der Waals surface area (Å²) in [6.45, 7) is 1.88. The summed E-state index contributed by atoms with van der Waals surface area (Å²) in [4.78, 5) is 12.5. The fourth-order valence-electron chi connectivity index (χ4n) is 3.66. The van der Waals surface area contributed by atoms with Crippen LogP contribution in [0.25, 0.3) is 22.6 Å². The van der Waals surface area contributed by atoms with Crippen molar-refractivity contribution in [3.8, 4) is 22.6 Å². The van der Waals surface area contributed by atoms with Gasteiger partial charge in [0.05, 0.1) is 17.7 Å². The largest absolute Gasteiger partial charge is 0.274 e. The molecule has 8 nitrogen and oxygen atoms in total. The Balaban J connectivity index is 1.29. The number of thioether (sulfide) groups is 1. The van der Waals surface area contributed by atoms with Crippen LogP contribution in [0.1, 0.15) is 11.4 Å². The topological polar surface area (TPSA) is 90.0 Å². The molecule has 0 unspecified atom stereocenters. The van der Waals surface area contributed by atoms with Gasteiger partial charge in [-0.15, -0.1) is 10.2 Å². The lowest BCUT2D eigenvalue weighted by Crippen LogP contribution is -2.20. The van der Waals surface area contributed by atoms with Gasteiger partial charge in [0.2, 0.25) is 0 Å². The van der Waals surface area contributed by atoms with Crippen molar-refractivity contribution in [2.75, 3.05) is 5.75 Å². The predicted molar refractivity (Wildman–Crippen MR) is 142 cm³/mol. The molecule has 178 valence electrons. The van der Waals surface area contributed by atoms with Crippen LogP contribution < -0.4 is 5.43 Å². The molecular formula is C27H23N7OS. The number of hydrazone groups is 1. The highest BCUT2D eigenvalue weighted by atomic mass is 32.2. The molecule has 0 bridgehead atoms. The van der Waals surface area contributed by atoms with Gasteiger partial charge in [-0.05, 0) is 31.2 Å². The molecule has 2 aromatic heterocycles. The zero-order valence-electron chi connectivity index (χ0n) is 19.5. The van der Waals surface area contributed by atoms with Crippen molar-refractivity contribution in [2.24, 2.45) is 5.10 Å². The summed E-state index contributed by atoms with van der Waals surface area (Å²) in [5.74, 6) is 0.663. The van der Waals surface area contributed by atoms with Crippen LogP contribution >= 0.6 is 11.8 Å². The van der Waals surface area contributed by atoms with Crippen molar-refractivity contribution >= 4 is 23.9 Å². The van der Waals surface area contributed by atoms with Crippen LogP contribution in [0.2, 0.25) is 0 Å². The van der Waals surface area contributed by atoms with E-state index in [0.29, 0.717) is 5.16 Å². The van der Waals surface area contributed by atoms with Crippen LogP contribution in [0, 0.1) is 6.92 Å². The number of hydrogen-bond acceptors (Lipinski definition) is 6. The van der Waals surface area contributed by atoms with Gasteiger partial charge in [-0.25, -0.2) is 10.1 Å². The number of nitrogens with zero attached hydrogens (tertiary/aromatic N) is 6. The number of hydrogen-bond donors (Lipinski definition) is 1. The second-order valence-electron chi connectivity index (χ2n) is 7.86. The standard InChI is InChI=1S/C27H23N7OS/c1-20-29-31-27(34(20)24-15-9-4-10-16-24)36-19-25(35)30-28-17-22-18-33(23-13-7-3-8-14-23)32-26(22)21-11-5-2-6-12-21/h2-18H,19H2,1H3,(H,30,35)/b28-17+. The third-order valence-electron chi connectivity index (χ3n) is 5.35. The first-order valence-electron chi connectivity index (χ1n) is 11.3. The molecule has 0 fully saturated rings. The number of amides is 1. The van der Waals surface area contributed by atoms with Crippen molar-refractivity contribution in [3.63, 3.8) is 0 Å². The van der Waals surface area contributed by atoms with Gasteiger partial charge in [0.15, 0.2) is 5.16 Å². The summed E-state index contributed by atoms with van der Waals surface area (Å²) in [5, 5.41) is 18.0. The molecule has 5 aromatic rings. The van der Waals surface area contributed by atoms with Gasteiger partial charge in [-0.1, -0.05) is 78.5 Å². The normalized spacial score (nSPS) is 11.1. The van der Waals surface area contributed by atoms with Crippen molar-refractivity contribution in [1.29, 1.82) is 0 Å². The zero-order chi connectivity index (χ0) is 24.7. The molecule has 0 saturated heterocycles.